The minimum absolute atomic E-state index is 0.0313. The molecule has 1 aliphatic heterocycles. The highest BCUT2D eigenvalue weighted by molar-refractivity contribution is 4.91. The van der Waals surface area contributed by atoms with Crippen LogP contribution in [0.1, 0.15) is 34.6 Å². The third-order valence-electron chi connectivity index (χ3n) is 4.07. The van der Waals surface area contributed by atoms with Crippen molar-refractivity contribution in [1.82, 2.24) is 4.90 Å². The molecule has 96 valence electrons. The van der Waals surface area contributed by atoms with Crippen molar-refractivity contribution in [2.45, 2.75) is 40.8 Å². The maximum absolute atomic E-state index is 12.3. The minimum Gasteiger partial charge on any atom is -0.301 e. The first-order chi connectivity index (χ1) is 6.93. The molecule has 0 aromatic rings. The van der Waals surface area contributed by atoms with Gasteiger partial charge in [-0.2, -0.15) is 13.2 Å². The van der Waals surface area contributed by atoms with E-state index in [-0.39, 0.29) is 23.9 Å². The quantitative estimate of drug-likeness (QED) is 0.710. The predicted molar refractivity (Wildman–Crippen MR) is 59.2 cm³/mol. The van der Waals surface area contributed by atoms with E-state index in [9.17, 15) is 13.2 Å². The zero-order valence-corrected chi connectivity index (χ0v) is 10.8. The van der Waals surface area contributed by atoms with Crippen molar-refractivity contribution in [3.05, 3.63) is 0 Å². The Morgan fingerprint density at radius 1 is 1.00 bits per heavy atom. The van der Waals surface area contributed by atoms with E-state index >= 15 is 0 Å². The number of nitrogens with zero attached hydrogens (tertiary/aromatic N) is 1. The first-order valence-corrected chi connectivity index (χ1v) is 5.72. The van der Waals surface area contributed by atoms with E-state index in [0.29, 0.717) is 0 Å². The Bertz CT molecular complexity index is 244. The summed E-state index contributed by atoms with van der Waals surface area (Å²) in [5, 5.41) is 0. The lowest BCUT2D eigenvalue weighted by Gasteiger charge is -2.48. The lowest BCUT2D eigenvalue weighted by Crippen LogP contribution is -2.56. The van der Waals surface area contributed by atoms with Crippen LogP contribution in [0.4, 0.5) is 13.2 Å². The molecule has 0 amide bonds. The molecular weight excluding hydrogens is 215 g/mol. The van der Waals surface area contributed by atoms with Crippen LogP contribution in [-0.2, 0) is 0 Å². The summed E-state index contributed by atoms with van der Waals surface area (Å²) in [5.41, 5.74) is 0.139. The van der Waals surface area contributed by atoms with Crippen LogP contribution in [0.3, 0.4) is 0 Å². The lowest BCUT2D eigenvalue weighted by molar-refractivity contribution is -0.212. The number of rotatable bonds is 2. The predicted octanol–water partition coefficient (Wildman–Crippen LogP) is 3.55. The molecule has 0 radical (unpaired) electrons. The van der Waals surface area contributed by atoms with Crippen molar-refractivity contribution in [2.24, 2.45) is 16.7 Å². The van der Waals surface area contributed by atoms with Crippen LogP contribution in [0, 0.1) is 16.7 Å². The van der Waals surface area contributed by atoms with Gasteiger partial charge in [0.1, 0.15) is 0 Å². The number of alkyl halides is 3. The van der Waals surface area contributed by atoms with E-state index in [1.807, 2.05) is 4.90 Å². The topological polar surface area (TPSA) is 3.24 Å². The monoisotopic (exact) mass is 237 g/mol. The van der Waals surface area contributed by atoms with Crippen molar-refractivity contribution in [3.8, 4) is 0 Å². The highest BCUT2D eigenvalue weighted by Gasteiger charge is 2.48. The van der Waals surface area contributed by atoms with Crippen LogP contribution in [0.25, 0.3) is 0 Å². The SMILES string of the molecule is CC(C)(C)C(C)(C)CN1CC(C(F)(F)F)C1. The molecule has 0 aromatic carbocycles. The van der Waals surface area contributed by atoms with Crippen LogP contribution in [0.2, 0.25) is 0 Å². The summed E-state index contributed by atoms with van der Waals surface area (Å²) in [6.07, 6.45) is -4.01. The Kier molecular flexibility index (Phi) is 3.36. The smallest absolute Gasteiger partial charge is 0.301 e. The summed E-state index contributed by atoms with van der Waals surface area (Å²) in [6.45, 7) is 11.7. The fourth-order valence-electron chi connectivity index (χ4n) is 1.70. The summed E-state index contributed by atoms with van der Waals surface area (Å²) in [4.78, 5) is 1.91. The molecule has 1 saturated heterocycles. The van der Waals surface area contributed by atoms with Crippen molar-refractivity contribution in [1.29, 1.82) is 0 Å². The largest absolute Gasteiger partial charge is 0.394 e. The molecule has 1 fully saturated rings. The molecule has 1 nitrogen and oxygen atoms in total. The minimum atomic E-state index is -4.01. The second kappa shape index (κ2) is 3.90. The first-order valence-electron chi connectivity index (χ1n) is 5.72. The van der Waals surface area contributed by atoms with Crippen molar-refractivity contribution >= 4 is 0 Å². The standard InChI is InChI=1S/C12H22F3N/c1-10(2,3)11(4,5)8-16-6-9(7-16)12(13,14)15/h9H,6-8H2,1-5H3. The second-order valence-electron chi connectivity index (χ2n) is 6.57. The van der Waals surface area contributed by atoms with Crippen LogP contribution in [0.15, 0.2) is 0 Å². The zero-order chi connectivity index (χ0) is 12.8. The molecule has 0 N–H and O–H groups in total. The van der Waals surface area contributed by atoms with Gasteiger partial charge in [-0.3, -0.25) is 0 Å². The molecule has 1 rings (SSSR count). The Balaban J connectivity index is 2.44. The normalized spacial score (nSPS) is 21.0. The summed E-state index contributed by atoms with van der Waals surface area (Å²) in [5.74, 6) is -1.11. The van der Waals surface area contributed by atoms with Gasteiger partial charge in [0.2, 0.25) is 0 Å². The van der Waals surface area contributed by atoms with Crippen LogP contribution in [-0.4, -0.2) is 30.7 Å². The van der Waals surface area contributed by atoms with Gasteiger partial charge in [-0.05, 0) is 10.8 Å². The molecule has 16 heavy (non-hydrogen) atoms. The highest BCUT2D eigenvalue weighted by atomic mass is 19.4. The van der Waals surface area contributed by atoms with Crippen molar-refractivity contribution in [2.75, 3.05) is 19.6 Å². The molecule has 1 aliphatic rings. The Morgan fingerprint density at radius 3 is 1.75 bits per heavy atom. The summed E-state index contributed by atoms with van der Waals surface area (Å²) < 4.78 is 36.9. The number of hydrogen-bond acceptors (Lipinski definition) is 1. The molecule has 0 unspecified atom stereocenters. The van der Waals surface area contributed by atoms with E-state index < -0.39 is 12.1 Å². The van der Waals surface area contributed by atoms with Gasteiger partial charge >= 0.3 is 6.18 Å². The van der Waals surface area contributed by atoms with E-state index in [1.54, 1.807) is 0 Å². The average Bonchev–Trinajstić information content (AvgIpc) is 1.90. The van der Waals surface area contributed by atoms with Gasteiger partial charge in [0.15, 0.2) is 0 Å². The van der Waals surface area contributed by atoms with Gasteiger partial charge in [0, 0.05) is 19.6 Å². The third-order valence-corrected chi connectivity index (χ3v) is 4.07. The average molecular weight is 237 g/mol. The summed E-state index contributed by atoms with van der Waals surface area (Å²) in [7, 11) is 0. The highest BCUT2D eigenvalue weighted by Crippen LogP contribution is 2.41. The molecule has 0 atom stereocenters. The molecule has 0 saturated carbocycles. The zero-order valence-electron chi connectivity index (χ0n) is 10.8. The van der Waals surface area contributed by atoms with E-state index in [1.165, 1.54) is 0 Å². The molecule has 0 aliphatic carbocycles. The Hall–Kier alpha value is -0.250. The maximum atomic E-state index is 12.3. The van der Waals surface area contributed by atoms with E-state index in [2.05, 4.69) is 34.6 Å². The van der Waals surface area contributed by atoms with Crippen LogP contribution < -0.4 is 0 Å². The lowest BCUT2D eigenvalue weighted by atomic mass is 9.68. The summed E-state index contributed by atoms with van der Waals surface area (Å²) >= 11 is 0. The van der Waals surface area contributed by atoms with E-state index in [4.69, 9.17) is 0 Å². The molecule has 0 spiro atoms. The molecule has 0 bridgehead atoms. The number of halogens is 3. The molecule has 4 heteroatoms. The van der Waals surface area contributed by atoms with E-state index in [0.717, 1.165) is 6.54 Å². The molecule has 0 aromatic heterocycles. The van der Waals surface area contributed by atoms with Gasteiger partial charge in [-0.25, -0.2) is 0 Å². The van der Waals surface area contributed by atoms with Crippen molar-refractivity contribution in [3.63, 3.8) is 0 Å². The van der Waals surface area contributed by atoms with Crippen LogP contribution >= 0.6 is 0 Å². The number of hydrogen-bond donors (Lipinski definition) is 0. The molecular formula is C12H22F3N. The second-order valence-corrected chi connectivity index (χ2v) is 6.57. The fourth-order valence-corrected chi connectivity index (χ4v) is 1.70. The van der Waals surface area contributed by atoms with Gasteiger partial charge in [-0.1, -0.05) is 34.6 Å². The van der Waals surface area contributed by atoms with Gasteiger partial charge < -0.3 is 4.90 Å². The first kappa shape index (κ1) is 13.8. The van der Waals surface area contributed by atoms with Crippen LogP contribution in [0.5, 0.6) is 0 Å². The Labute approximate surface area is 96.0 Å². The van der Waals surface area contributed by atoms with Gasteiger partial charge in [-0.15, -0.1) is 0 Å². The van der Waals surface area contributed by atoms with Gasteiger partial charge in [0.05, 0.1) is 5.92 Å². The fraction of sp³-hybridized carbons (Fsp3) is 1.00. The molecule has 1 heterocycles. The van der Waals surface area contributed by atoms with Gasteiger partial charge in [0.25, 0.3) is 0 Å². The number of likely N-dealkylation sites (tertiary alicyclic amines) is 1. The maximum Gasteiger partial charge on any atom is 0.394 e. The Morgan fingerprint density at radius 2 is 1.44 bits per heavy atom. The summed E-state index contributed by atoms with van der Waals surface area (Å²) in [6, 6.07) is 0. The third kappa shape index (κ3) is 2.90. The van der Waals surface area contributed by atoms with Crippen molar-refractivity contribution < 1.29 is 13.2 Å².